The highest BCUT2D eigenvalue weighted by Crippen LogP contribution is 2.19. The van der Waals surface area contributed by atoms with E-state index in [1.165, 1.54) is 0 Å². The normalized spacial score (nSPS) is 9.29. The Hall–Kier alpha value is -1.91. The molecule has 0 aliphatic rings. The zero-order valence-electron chi connectivity index (χ0n) is 9.50. The van der Waals surface area contributed by atoms with Crippen molar-refractivity contribution < 1.29 is 0 Å². The lowest BCUT2D eigenvalue weighted by molar-refractivity contribution is 1.49. The second-order valence-corrected chi connectivity index (χ2v) is 3.99. The standard InChI is InChI=1S/C15H12ClN/c1-17-15-10-9-14(16)11-13(15)8-7-12-5-3-2-4-6-12/h2-6,9-11,17H,1H3. The van der Waals surface area contributed by atoms with Gasteiger partial charge in [-0.2, -0.15) is 0 Å². The van der Waals surface area contributed by atoms with E-state index in [1.807, 2.05) is 55.6 Å². The van der Waals surface area contributed by atoms with Gasteiger partial charge >= 0.3 is 0 Å². The number of nitrogens with one attached hydrogen (secondary N) is 1. The van der Waals surface area contributed by atoms with Crippen molar-refractivity contribution in [2.45, 2.75) is 0 Å². The van der Waals surface area contributed by atoms with E-state index in [1.54, 1.807) is 0 Å². The minimum absolute atomic E-state index is 0.696. The fraction of sp³-hybridized carbons (Fsp3) is 0.0667. The van der Waals surface area contributed by atoms with E-state index in [0.29, 0.717) is 5.02 Å². The quantitative estimate of drug-likeness (QED) is 0.750. The minimum Gasteiger partial charge on any atom is -0.387 e. The van der Waals surface area contributed by atoms with Crippen molar-refractivity contribution in [3.63, 3.8) is 0 Å². The first-order valence-corrected chi connectivity index (χ1v) is 5.72. The highest BCUT2D eigenvalue weighted by atomic mass is 35.5. The predicted octanol–water partition coefficient (Wildman–Crippen LogP) is 3.78. The molecule has 0 unspecified atom stereocenters. The van der Waals surface area contributed by atoms with Crippen molar-refractivity contribution in [2.75, 3.05) is 12.4 Å². The molecule has 0 saturated carbocycles. The van der Waals surface area contributed by atoms with Crippen molar-refractivity contribution in [1.82, 2.24) is 0 Å². The number of anilines is 1. The Morgan fingerprint density at radius 2 is 1.76 bits per heavy atom. The summed E-state index contributed by atoms with van der Waals surface area (Å²) in [6.45, 7) is 0. The molecular formula is C15H12ClN. The van der Waals surface area contributed by atoms with Crippen LogP contribution in [0.1, 0.15) is 11.1 Å². The Bertz CT molecular complexity index is 564. The zero-order chi connectivity index (χ0) is 12.1. The maximum atomic E-state index is 5.96. The van der Waals surface area contributed by atoms with Gasteiger partial charge in [0.2, 0.25) is 0 Å². The molecule has 0 atom stereocenters. The van der Waals surface area contributed by atoms with Crippen LogP contribution in [0.15, 0.2) is 48.5 Å². The molecule has 84 valence electrons. The highest BCUT2D eigenvalue weighted by Gasteiger charge is 1.98. The molecule has 0 bridgehead atoms. The molecule has 2 heteroatoms. The monoisotopic (exact) mass is 241 g/mol. The predicted molar refractivity (Wildman–Crippen MR) is 73.4 cm³/mol. The average Bonchev–Trinajstić information content (AvgIpc) is 2.38. The lowest BCUT2D eigenvalue weighted by Crippen LogP contribution is -1.91. The van der Waals surface area contributed by atoms with Gasteiger partial charge in [-0.25, -0.2) is 0 Å². The van der Waals surface area contributed by atoms with Crippen LogP contribution >= 0.6 is 11.6 Å². The van der Waals surface area contributed by atoms with Crippen LogP contribution in [-0.2, 0) is 0 Å². The van der Waals surface area contributed by atoms with Gasteiger partial charge in [-0.1, -0.05) is 41.6 Å². The van der Waals surface area contributed by atoms with E-state index < -0.39 is 0 Å². The fourth-order valence-corrected chi connectivity index (χ4v) is 1.67. The molecule has 17 heavy (non-hydrogen) atoms. The molecule has 0 amide bonds. The molecule has 0 aliphatic carbocycles. The third-order valence-electron chi connectivity index (χ3n) is 2.37. The van der Waals surface area contributed by atoms with Crippen LogP contribution in [0.4, 0.5) is 5.69 Å². The largest absolute Gasteiger partial charge is 0.387 e. The molecule has 2 rings (SSSR count). The molecule has 2 aromatic rings. The minimum atomic E-state index is 0.696. The van der Waals surface area contributed by atoms with Crippen LogP contribution in [0.25, 0.3) is 0 Å². The van der Waals surface area contributed by atoms with Crippen LogP contribution in [0.5, 0.6) is 0 Å². The van der Waals surface area contributed by atoms with Gasteiger partial charge in [-0.3, -0.25) is 0 Å². The summed E-state index contributed by atoms with van der Waals surface area (Å²) in [6, 6.07) is 15.5. The lowest BCUT2D eigenvalue weighted by atomic mass is 10.1. The average molecular weight is 242 g/mol. The van der Waals surface area contributed by atoms with Crippen molar-refractivity contribution in [2.24, 2.45) is 0 Å². The summed E-state index contributed by atoms with van der Waals surface area (Å²) in [5.41, 5.74) is 2.89. The van der Waals surface area contributed by atoms with Gasteiger partial charge in [0.15, 0.2) is 0 Å². The van der Waals surface area contributed by atoms with Gasteiger partial charge in [0, 0.05) is 28.9 Å². The molecule has 1 nitrogen and oxygen atoms in total. The van der Waals surface area contributed by atoms with Crippen molar-refractivity contribution in [1.29, 1.82) is 0 Å². The Morgan fingerprint density at radius 1 is 1.00 bits per heavy atom. The van der Waals surface area contributed by atoms with Gasteiger partial charge in [0.25, 0.3) is 0 Å². The summed E-state index contributed by atoms with van der Waals surface area (Å²) >= 11 is 5.96. The number of hydrogen-bond acceptors (Lipinski definition) is 1. The summed E-state index contributed by atoms with van der Waals surface area (Å²) in [5, 5.41) is 3.79. The van der Waals surface area contributed by atoms with E-state index in [4.69, 9.17) is 11.6 Å². The number of halogens is 1. The van der Waals surface area contributed by atoms with Crippen LogP contribution < -0.4 is 5.32 Å². The second kappa shape index (κ2) is 5.43. The van der Waals surface area contributed by atoms with Gasteiger partial charge in [-0.05, 0) is 30.3 Å². The molecule has 0 saturated heterocycles. The van der Waals surface area contributed by atoms with E-state index in [9.17, 15) is 0 Å². The molecule has 0 aliphatic heterocycles. The topological polar surface area (TPSA) is 12.0 Å². The van der Waals surface area contributed by atoms with Gasteiger partial charge in [-0.15, -0.1) is 0 Å². The van der Waals surface area contributed by atoms with E-state index in [-0.39, 0.29) is 0 Å². The maximum Gasteiger partial charge on any atom is 0.0497 e. The lowest BCUT2D eigenvalue weighted by Gasteiger charge is -2.03. The van der Waals surface area contributed by atoms with E-state index in [0.717, 1.165) is 16.8 Å². The number of hydrogen-bond donors (Lipinski definition) is 1. The highest BCUT2D eigenvalue weighted by molar-refractivity contribution is 6.30. The van der Waals surface area contributed by atoms with Gasteiger partial charge < -0.3 is 5.32 Å². The Morgan fingerprint density at radius 3 is 2.47 bits per heavy atom. The SMILES string of the molecule is CNc1ccc(Cl)cc1C#Cc1ccccc1. The molecule has 0 radical (unpaired) electrons. The number of benzene rings is 2. The van der Waals surface area contributed by atoms with Crippen LogP contribution in [-0.4, -0.2) is 7.05 Å². The first-order chi connectivity index (χ1) is 8.29. The Balaban J connectivity index is 2.36. The number of rotatable bonds is 1. The summed E-state index contributed by atoms with van der Waals surface area (Å²) < 4.78 is 0. The van der Waals surface area contributed by atoms with Crippen molar-refractivity contribution in [3.05, 3.63) is 64.7 Å². The molecule has 2 aromatic carbocycles. The van der Waals surface area contributed by atoms with E-state index in [2.05, 4.69) is 17.2 Å². The Kier molecular flexibility index (Phi) is 3.69. The smallest absolute Gasteiger partial charge is 0.0497 e. The van der Waals surface area contributed by atoms with Gasteiger partial charge in [0.1, 0.15) is 0 Å². The van der Waals surface area contributed by atoms with Gasteiger partial charge in [0.05, 0.1) is 0 Å². The van der Waals surface area contributed by atoms with Crippen LogP contribution in [0.3, 0.4) is 0 Å². The van der Waals surface area contributed by atoms with Crippen LogP contribution in [0.2, 0.25) is 5.02 Å². The fourth-order valence-electron chi connectivity index (χ4n) is 1.50. The van der Waals surface area contributed by atoms with Crippen LogP contribution in [0, 0.1) is 11.8 Å². The van der Waals surface area contributed by atoms with E-state index >= 15 is 0 Å². The first kappa shape index (κ1) is 11.6. The van der Waals surface area contributed by atoms with Crippen molar-refractivity contribution in [3.8, 4) is 11.8 Å². The Labute approximate surface area is 106 Å². The molecule has 0 heterocycles. The molecular weight excluding hydrogens is 230 g/mol. The molecule has 1 N–H and O–H groups in total. The zero-order valence-corrected chi connectivity index (χ0v) is 10.3. The van der Waals surface area contributed by atoms with Crippen molar-refractivity contribution >= 4 is 17.3 Å². The summed E-state index contributed by atoms with van der Waals surface area (Å²) in [5.74, 6) is 6.24. The third kappa shape index (κ3) is 3.03. The summed E-state index contributed by atoms with van der Waals surface area (Å²) in [4.78, 5) is 0. The summed E-state index contributed by atoms with van der Waals surface area (Å²) in [6.07, 6.45) is 0. The summed E-state index contributed by atoms with van der Waals surface area (Å²) in [7, 11) is 1.87. The maximum absolute atomic E-state index is 5.96. The third-order valence-corrected chi connectivity index (χ3v) is 2.60. The second-order valence-electron chi connectivity index (χ2n) is 3.56. The molecule has 0 spiro atoms. The molecule has 0 fully saturated rings. The first-order valence-electron chi connectivity index (χ1n) is 5.34. The molecule has 0 aromatic heterocycles.